The molecule has 98 valence electrons. The zero-order chi connectivity index (χ0) is 13.0. The minimum atomic E-state index is -0.412. The van der Waals surface area contributed by atoms with Gasteiger partial charge in [0.2, 0.25) is 0 Å². The molecule has 3 heteroatoms. The second-order valence-corrected chi connectivity index (χ2v) is 4.99. The molecular formula is C15H20O3. The predicted octanol–water partition coefficient (Wildman–Crippen LogP) is 2.70. The van der Waals surface area contributed by atoms with E-state index in [1.54, 1.807) is 0 Å². The molecule has 0 heterocycles. The second kappa shape index (κ2) is 6.01. The molecular weight excluding hydrogens is 228 g/mol. The molecule has 0 radical (unpaired) electrons. The number of aliphatic hydroxyl groups is 1. The van der Waals surface area contributed by atoms with Crippen molar-refractivity contribution in [1.29, 1.82) is 0 Å². The minimum absolute atomic E-state index is 0.0224. The van der Waals surface area contributed by atoms with E-state index in [1.165, 1.54) is 7.11 Å². The van der Waals surface area contributed by atoms with Crippen LogP contribution in [0.15, 0.2) is 30.3 Å². The lowest BCUT2D eigenvalue weighted by molar-refractivity contribution is -0.147. The number of hydrogen-bond acceptors (Lipinski definition) is 3. The number of rotatable bonds is 3. The smallest absolute Gasteiger partial charge is 0.308 e. The summed E-state index contributed by atoms with van der Waals surface area (Å²) in [6, 6.07) is 9.75. The van der Waals surface area contributed by atoms with E-state index in [-0.39, 0.29) is 17.8 Å². The first kappa shape index (κ1) is 13.1. The summed E-state index contributed by atoms with van der Waals surface area (Å²) in [6.07, 6.45) is 3.00. The van der Waals surface area contributed by atoms with Crippen molar-refractivity contribution in [1.82, 2.24) is 0 Å². The summed E-state index contributed by atoms with van der Waals surface area (Å²) >= 11 is 0. The SMILES string of the molecule is COC(=O)C1CCC(C(O)c2ccccc2)CC1. The molecule has 1 aromatic carbocycles. The van der Waals surface area contributed by atoms with Gasteiger partial charge < -0.3 is 9.84 Å². The third-order valence-corrected chi connectivity index (χ3v) is 3.89. The van der Waals surface area contributed by atoms with E-state index in [0.717, 1.165) is 31.2 Å². The first-order valence-corrected chi connectivity index (χ1v) is 6.53. The van der Waals surface area contributed by atoms with Gasteiger partial charge in [-0.2, -0.15) is 0 Å². The van der Waals surface area contributed by atoms with E-state index in [2.05, 4.69) is 0 Å². The molecule has 1 N–H and O–H groups in total. The number of carbonyl (C=O) groups excluding carboxylic acids is 1. The van der Waals surface area contributed by atoms with Crippen LogP contribution in [0.2, 0.25) is 0 Å². The maximum absolute atomic E-state index is 11.4. The van der Waals surface area contributed by atoms with Crippen molar-refractivity contribution < 1.29 is 14.6 Å². The normalized spacial score (nSPS) is 25.4. The molecule has 0 saturated heterocycles. The minimum Gasteiger partial charge on any atom is -0.469 e. The van der Waals surface area contributed by atoms with Crippen molar-refractivity contribution in [3.05, 3.63) is 35.9 Å². The number of hydrogen-bond donors (Lipinski definition) is 1. The summed E-state index contributed by atoms with van der Waals surface area (Å²) in [7, 11) is 1.44. The Hall–Kier alpha value is -1.35. The van der Waals surface area contributed by atoms with Gasteiger partial charge in [-0.1, -0.05) is 30.3 Å². The number of methoxy groups -OCH3 is 1. The predicted molar refractivity (Wildman–Crippen MR) is 68.9 cm³/mol. The van der Waals surface area contributed by atoms with Crippen LogP contribution in [0.4, 0.5) is 0 Å². The van der Waals surface area contributed by atoms with Gasteiger partial charge in [-0.15, -0.1) is 0 Å². The quantitative estimate of drug-likeness (QED) is 0.837. The fourth-order valence-corrected chi connectivity index (χ4v) is 2.76. The van der Waals surface area contributed by atoms with Gasteiger partial charge in [0.15, 0.2) is 0 Å². The number of ether oxygens (including phenoxy) is 1. The number of aliphatic hydroxyl groups excluding tert-OH is 1. The molecule has 1 unspecified atom stereocenters. The Morgan fingerprint density at radius 1 is 1.22 bits per heavy atom. The fourth-order valence-electron chi connectivity index (χ4n) is 2.76. The van der Waals surface area contributed by atoms with Crippen molar-refractivity contribution in [2.24, 2.45) is 11.8 Å². The second-order valence-electron chi connectivity index (χ2n) is 4.99. The average molecular weight is 248 g/mol. The highest BCUT2D eigenvalue weighted by atomic mass is 16.5. The first-order chi connectivity index (χ1) is 8.72. The standard InChI is InChI=1S/C15H20O3/c1-18-15(17)13-9-7-12(8-10-13)14(16)11-5-3-2-4-6-11/h2-6,12-14,16H,7-10H2,1H3. The number of carbonyl (C=O) groups is 1. The molecule has 2 rings (SSSR count). The zero-order valence-electron chi connectivity index (χ0n) is 10.7. The van der Waals surface area contributed by atoms with Crippen molar-refractivity contribution in [2.45, 2.75) is 31.8 Å². The third-order valence-electron chi connectivity index (χ3n) is 3.89. The first-order valence-electron chi connectivity index (χ1n) is 6.53. The molecule has 3 nitrogen and oxygen atoms in total. The Morgan fingerprint density at radius 3 is 2.39 bits per heavy atom. The Bertz CT molecular complexity index is 380. The fraction of sp³-hybridized carbons (Fsp3) is 0.533. The summed E-state index contributed by atoms with van der Waals surface area (Å²) in [5.74, 6) is 0.171. The third kappa shape index (κ3) is 2.91. The van der Waals surface area contributed by atoms with Gasteiger partial charge in [-0.25, -0.2) is 0 Å². The highest BCUT2D eigenvalue weighted by Gasteiger charge is 2.30. The molecule has 0 aromatic heterocycles. The van der Waals surface area contributed by atoms with Crippen LogP contribution >= 0.6 is 0 Å². The molecule has 1 saturated carbocycles. The van der Waals surface area contributed by atoms with Crippen LogP contribution in [0, 0.1) is 11.8 Å². The van der Waals surface area contributed by atoms with Crippen LogP contribution in [-0.4, -0.2) is 18.2 Å². The summed E-state index contributed by atoms with van der Waals surface area (Å²) in [5.41, 5.74) is 0.971. The summed E-state index contributed by atoms with van der Waals surface area (Å²) in [6.45, 7) is 0. The Labute approximate surface area is 108 Å². The molecule has 0 spiro atoms. The largest absolute Gasteiger partial charge is 0.469 e. The highest BCUT2D eigenvalue weighted by Crippen LogP contribution is 2.37. The van der Waals surface area contributed by atoms with Crippen LogP contribution < -0.4 is 0 Å². The van der Waals surface area contributed by atoms with E-state index >= 15 is 0 Å². The van der Waals surface area contributed by atoms with Gasteiger partial charge in [0, 0.05) is 0 Å². The lowest BCUT2D eigenvalue weighted by Crippen LogP contribution is -2.25. The summed E-state index contributed by atoms with van der Waals surface area (Å²) in [4.78, 5) is 11.4. The van der Waals surface area contributed by atoms with E-state index in [0.29, 0.717) is 0 Å². The van der Waals surface area contributed by atoms with Crippen LogP contribution in [-0.2, 0) is 9.53 Å². The lowest BCUT2D eigenvalue weighted by atomic mass is 9.78. The molecule has 1 aliphatic rings. The van der Waals surface area contributed by atoms with Crippen LogP contribution in [0.3, 0.4) is 0 Å². The molecule has 0 aliphatic heterocycles. The molecule has 0 amide bonds. The van der Waals surface area contributed by atoms with Gasteiger partial charge >= 0.3 is 5.97 Å². The number of benzene rings is 1. The Kier molecular flexibility index (Phi) is 4.37. The van der Waals surface area contributed by atoms with E-state index in [9.17, 15) is 9.90 Å². The molecule has 1 aliphatic carbocycles. The maximum Gasteiger partial charge on any atom is 0.308 e. The Balaban J connectivity index is 1.92. The van der Waals surface area contributed by atoms with Crippen molar-refractivity contribution in [2.75, 3.05) is 7.11 Å². The van der Waals surface area contributed by atoms with Crippen LogP contribution in [0.1, 0.15) is 37.4 Å². The van der Waals surface area contributed by atoms with E-state index in [1.807, 2.05) is 30.3 Å². The van der Waals surface area contributed by atoms with Crippen LogP contribution in [0.5, 0.6) is 0 Å². The average Bonchev–Trinajstić information content (AvgIpc) is 2.47. The molecule has 0 bridgehead atoms. The van der Waals surface area contributed by atoms with Crippen LogP contribution in [0.25, 0.3) is 0 Å². The number of esters is 1. The van der Waals surface area contributed by atoms with Gasteiger partial charge in [0.25, 0.3) is 0 Å². The topological polar surface area (TPSA) is 46.5 Å². The summed E-state index contributed by atoms with van der Waals surface area (Å²) < 4.78 is 4.77. The van der Waals surface area contributed by atoms with E-state index in [4.69, 9.17) is 4.74 Å². The highest BCUT2D eigenvalue weighted by molar-refractivity contribution is 5.72. The summed E-state index contributed by atoms with van der Waals surface area (Å²) in [5, 5.41) is 10.3. The van der Waals surface area contributed by atoms with Gasteiger partial charge in [0.05, 0.1) is 19.1 Å². The zero-order valence-corrected chi connectivity index (χ0v) is 10.7. The van der Waals surface area contributed by atoms with Gasteiger partial charge in [-0.05, 0) is 37.2 Å². The van der Waals surface area contributed by atoms with Crippen molar-refractivity contribution in [3.8, 4) is 0 Å². The molecule has 1 aromatic rings. The van der Waals surface area contributed by atoms with Crippen molar-refractivity contribution >= 4 is 5.97 Å². The molecule has 1 fully saturated rings. The Morgan fingerprint density at radius 2 is 1.83 bits per heavy atom. The van der Waals surface area contributed by atoms with E-state index < -0.39 is 6.10 Å². The monoisotopic (exact) mass is 248 g/mol. The lowest BCUT2D eigenvalue weighted by Gasteiger charge is -2.30. The maximum atomic E-state index is 11.4. The van der Waals surface area contributed by atoms with Crippen molar-refractivity contribution in [3.63, 3.8) is 0 Å². The molecule has 18 heavy (non-hydrogen) atoms. The molecule has 1 atom stereocenters. The van der Waals surface area contributed by atoms with Gasteiger partial charge in [-0.3, -0.25) is 4.79 Å². The van der Waals surface area contributed by atoms with Gasteiger partial charge in [0.1, 0.15) is 0 Å².